The van der Waals surface area contributed by atoms with E-state index < -0.39 is 41.2 Å². The maximum atomic E-state index is 12.6. The predicted molar refractivity (Wildman–Crippen MR) is 94.2 cm³/mol. The maximum absolute atomic E-state index is 12.6. The Morgan fingerprint density at radius 2 is 1.64 bits per heavy atom. The predicted octanol–water partition coefficient (Wildman–Crippen LogP) is 3.03. The molecule has 1 aromatic rings. The molecule has 0 saturated heterocycles. The van der Waals surface area contributed by atoms with Crippen LogP contribution >= 0.6 is 0 Å². The highest BCUT2D eigenvalue weighted by atomic mass is 19.4. The van der Waals surface area contributed by atoms with Gasteiger partial charge in [-0.2, -0.15) is 13.2 Å². The molecule has 6 nitrogen and oxygen atoms in total. The van der Waals surface area contributed by atoms with Gasteiger partial charge in [0, 0.05) is 6.42 Å². The number of esters is 2. The molecule has 1 atom stereocenters. The summed E-state index contributed by atoms with van der Waals surface area (Å²) in [6.07, 6.45) is -4.82. The summed E-state index contributed by atoms with van der Waals surface area (Å²) in [5.74, 6) is -1.85. The van der Waals surface area contributed by atoms with Crippen LogP contribution in [0.3, 0.4) is 0 Å². The number of ether oxygens (including phenoxy) is 2. The number of carbonyl (C=O) groups excluding carboxylic acids is 3. The van der Waals surface area contributed by atoms with Crippen molar-refractivity contribution in [2.75, 3.05) is 7.11 Å². The van der Waals surface area contributed by atoms with E-state index in [0.717, 1.165) is 19.2 Å². The van der Waals surface area contributed by atoms with E-state index in [2.05, 4.69) is 10.1 Å². The molecular formula is C19H24F3NO5. The normalized spacial score (nSPS) is 12.8. The fraction of sp³-hybridized carbons (Fsp3) is 0.526. The van der Waals surface area contributed by atoms with E-state index in [0.29, 0.717) is 5.56 Å². The lowest BCUT2D eigenvalue weighted by atomic mass is 10.1. The zero-order valence-electron chi connectivity index (χ0n) is 16.2. The number of nitrogens with one attached hydrogen (secondary N) is 1. The zero-order chi connectivity index (χ0) is 21.5. The molecule has 0 bridgehead atoms. The second kappa shape index (κ2) is 9.57. The highest BCUT2D eigenvalue weighted by Crippen LogP contribution is 2.29. The number of carbonyl (C=O) groups is 3. The monoisotopic (exact) mass is 403 g/mol. The maximum Gasteiger partial charge on any atom is 0.416 e. The van der Waals surface area contributed by atoms with Gasteiger partial charge >= 0.3 is 18.1 Å². The van der Waals surface area contributed by atoms with Crippen molar-refractivity contribution in [2.45, 2.75) is 57.9 Å². The Labute approximate surface area is 161 Å². The Balaban J connectivity index is 2.67. The minimum Gasteiger partial charge on any atom is -0.467 e. The first-order chi connectivity index (χ1) is 12.8. The number of hydrogen-bond acceptors (Lipinski definition) is 5. The lowest BCUT2D eigenvalue weighted by Gasteiger charge is -2.21. The highest BCUT2D eigenvalue weighted by molar-refractivity contribution is 5.86. The van der Waals surface area contributed by atoms with Crippen molar-refractivity contribution in [1.82, 2.24) is 5.32 Å². The van der Waals surface area contributed by atoms with Gasteiger partial charge in [0.15, 0.2) is 0 Å². The van der Waals surface area contributed by atoms with Crippen LogP contribution < -0.4 is 5.32 Å². The number of rotatable bonds is 7. The van der Waals surface area contributed by atoms with Crippen LogP contribution in [0.25, 0.3) is 0 Å². The summed E-state index contributed by atoms with van der Waals surface area (Å²) < 4.78 is 47.5. The van der Waals surface area contributed by atoms with E-state index in [1.54, 1.807) is 20.8 Å². The SMILES string of the molecule is COC(=O)[C@@H](CCC(=O)OC(C)(C)C)NC(=O)Cc1ccc(C(F)(F)F)cc1. The summed E-state index contributed by atoms with van der Waals surface area (Å²) in [4.78, 5) is 35.8. The molecule has 0 fully saturated rings. The van der Waals surface area contributed by atoms with Crippen LogP contribution in [0.15, 0.2) is 24.3 Å². The summed E-state index contributed by atoms with van der Waals surface area (Å²) in [5.41, 5.74) is -1.15. The lowest BCUT2D eigenvalue weighted by Crippen LogP contribution is -2.42. The van der Waals surface area contributed by atoms with Crippen molar-refractivity contribution in [3.63, 3.8) is 0 Å². The molecule has 1 aromatic carbocycles. The molecule has 0 aliphatic carbocycles. The Kier molecular flexibility index (Phi) is 8.01. The van der Waals surface area contributed by atoms with Gasteiger partial charge < -0.3 is 14.8 Å². The van der Waals surface area contributed by atoms with E-state index in [1.807, 2.05) is 0 Å². The highest BCUT2D eigenvalue weighted by Gasteiger charge is 2.30. The van der Waals surface area contributed by atoms with Crippen LogP contribution in [0.2, 0.25) is 0 Å². The van der Waals surface area contributed by atoms with E-state index in [9.17, 15) is 27.6 Å². The summed E-state index contributed by atoms with van der Waals surface area (Å²) >= 11 is 0. The van der Waals surface area contributed by atoms with Crippen LogP contribution in [0.5, 0.6) is 0 Å². The molecule has 9 heteroatoms. The third kappa shape index (κ3) is 8.41. The van der Waals surface area contributed by atoms with Gasteiger partial charge in [-0.25, -0.2) is 4.79 Å². The van der Waals surface area contributed by atoms with Gasteiger partial charge in [0.25, 0.3) is 0 Å². The van der Waals surface area contributed by atoms with E-state index in [1.165, 1.54) is 12.1 Å². The van der Waals surface area contributed by atoms with Gasteiger partial charge in [-0.15, -0.1) is 0 Å². The minimum absolute atomic E-state index is 0.0274. The quantitative estimate of drug-likeness (QED) is 0.708. The number of amides is 1. The molecular weight excluding hydrogens is 379 g/mol. The van der Waals surface area contributed by atoms with E-state index in [-0.39, 0.29) is 19.3 Å². The van der Waals surface area contributed by atoms with Crippen molar-refractivity contribution in [1.29, 1.82) is 0 Å². The molecule has 0 aromatic heterocycles. The van der Waals surface area contributed by atoms with E-state index >= 15 is 0 Å². The van der Waals surface area contributed by atoms with Crippen LogP contribution in [-0.4, -0.2) is 36.6 Å². The molecule has 0 heterocycles. The van der Waals surface area contributed by atoms with Gasteiger partial charge in [-0.05, 0) is 44.9 Å². The van der Waals surface area contributed by atoms with Crippen LogP contribution in [-0.2, 0) is 36.5 Å². The smallest absolute Gasteiger partial charge is 0.416 e. The lowest BCUT2D eigenvalue weighted by molar-refractivity contribution is -0.155. The molecule has 1 rings (SSSR count). The molecule has 156 valence electrons. The van der Waals surface area contributed by atoms with Crippen molar-refractivity contribution in [2.24, 2.45) is 0 Å². The van der Waals surface area contributed by atoms with Crippen molar-refractivity contribution < 1.29 is 37.0 Å². The fourth-order valence-electron chi connectivity index (χ4n) is 2.29. The second-order valence-corrected chi connectivity index (χ2v) is 7.14. The Bertz CT molecular complexity index is 693. The molecule has 28 heavy (non-hydrogen) atoms. The van der Waals surface area contributed by atoms with Crippen LogP contribution in [0, 0.1) is 0 Å². The Hall–Kier alpha value is -2.58. The molecule has 0 aliphatic rings. The molecule has 0 radical (unpaired) electrons. The largest absolute Gasteiger partial charge is 0.467 e. The summed E-state index contributed by atoms with van der Waals surface area (Å²) in [6.45, 7) is 5.11. The minimum atomic E-state index is -4.46. The second-order valence-electron chi connectivity index (χ2n) is 7.14. The van der Waals surface area contributed by atoms with Crippen LogP contribution in [0.4, 0.5) is 13.2 Å². The molecule has 1 N–H and O–H groups in total. The van der Waals surface area contributed by atoms with Crippen molar-refractivity contribution in [3.8, 4) is 0 Å². The molecule has 0 unspecified atom stereocenters. The topological polar surface area (TPSA) is 81.7 Å². The standard InChI is InChI=1S/C19H24F3NO5/c1-18(2,3)28-16(25)10-9-14(17(26)27-4)23-15(24)11-12-5-7-13(8-6-12)19(20,21)22/h5-8,14H,9-11H2,1-4H3,(H,23,24)/t14-/m1/s1. The summed E-state index contributed by atoms with van der Waals surface area (Å²) in [7, 11) is 1.14. The van der Waals surface area contributed by atoms with Crippen molar-refractivity contribution >= 4 is 17.8 Å². The first-order valence-electron chi connectivity index (χ1n) is 8.57. The number of methoxy groups -OCH3 is 1. The van der Waals surface area contributed by atoms with Crippen LogP contribution in [0.1, 0.15) is 44.7 Å². The van der Waals surface area contributed by atoms with E-state index in [4.69, 9.17) is 4.74 Å². The van der Waals surface area contributed by atoms with Gasteiger partial charge in [-0.1, -0.05) is 12.1 Å². The zero-order valence-corrected chi connectivity index (χ0v) is 16.2. The molecule has 0 saturated carbocycles. The fourth-order valence-corrected chi connectivity index (χ4v) is 2.29. The summed E-state index contributed by atoms with van der Waals surface area (Å²) in [6, 6.07) is 3.07. The summed E-state index contributed by atoms with van der Waals surface area (Å²) in [5, 5.41) is 2.44. The van der Waals surface area contributed by atoms with Gasteiger partial charge in [0.05, 0.1) is 19.1 Å². The number of halogens is 3. The first-order valence-corrected chi connectivity index (χ1v) is 8.57. The van der Waals surface area contributed by atoms with Gasteiger partial charge in [0.1, 0.15) is 11.6 Å². The first kappa shape index (κ1) is 23.5. The average Bonchev–Trinajstić information content (AvgIpc) is 2.56. The van der Waals surface area contributed by atoms with Gasteiger partial charge in [0.2, 0.25) is 5.91 Å². The Morgan fingerprint density at radius 3 is 2.11 bits per heavy atom. The number of alkyl halides is 3. The molecule has 0 aliphatic heterocycles. The van der Waals surface area contributed by atoms with Gasteiger partial charge in [-0.3, -0.25) is 9.59 Å². The number of hydrogen-bond donors (Lipinski definition) is 1. The molecule has 1 amide bonds. The molecule has 0 spiro atoms. The third-order valence-electron chi connectivity index (χ3n) is 3.52. The average molecular weight is 403 g/mol. The Morgan fingerprint density at radius 1 is 1.07 bits per heavy atom. The number of benzene rings is 1. The van der Waals surface area contributed by atoms with Crippen molar-refractivity contribution in [3.05, 3.63) is 35.4 Å². The third-order valence-corrected chi connectivity index (χ3v) is 3.52.